The van der Waals surface area contributed by atoms with Gasteiger partial charge in [0.25, 0.3) is 0 Å². The molecule has 0 radical (unpaired) electrons. The van der Waals surface area contributed by atoms with E-state index in [-0.39, 0.29) is 5.92 Å². The lowest BCUT2D eigenvalue weighted by Crippen LogP contribution is -2.26. The first kappa shape index (κ1) is 20.0. The molecule has 5 heteroatoms. The van der Waals surface area contributed by atoms with Gasteiger partial charge in [-0.05, 0) is 40.5 Å². The lowest BCUT2D eigenvalue weighted by molar-refractivity contribution is 0.144. The van der Waals surface area contributed by atoms with Gasteiger partial charge < -0.3 is 14.8 Å². The molecule has 0 bridgehead atoms. The standard InChI is InChI=1S/C25H22ClNO3/c1-29-24-13-12-18(26)15-17(24)7-6-14-27-25(28)30-16-23-21-10-4-2-8-19(21)20-9-3-5-11-22(20)23/h2-13,15,23H,14,16H2,1H3,(H,27,28). The molecule has 0 saturated carbocycles. The molecular formula is C25H22ClNO3. The molecule has 30 heavy (non-hydrogen) atoms. The average Bonchev–Trinajstić information content (AvgIpc) is 3.09. The van der Waals surface area contributed by atoms with Gasteiger partial charge in [-0.15, -0.1) is 0 Å². The quantitative estimate of drug-likeness (QED) is 0.541. The SMILES string of the molecule is COc1ccc(Cl)cc1C=CCNC(=O)OCC1c2ccccc2-c2ccccc21. The van der Waals surface area contributed by atoms with Crippen LogP contribution in [0.5, 0.6) is 5.75 Å². The average molecular weight is 420 g/mol. The molecule has 0 atom stereocenters. The highest BCUT2D eigenvalue weighted by molar-refractivity contribution is 6.30. The van der Waals surface area contributed by atoms with Crippen molar-refractivity contribution in [3.8, 4) is 16.9 Å². The van der Waals surface area contributed by atoms with Gasteiger partial charge in [-0.2, -0.15) is 0 Å². The Morgan fingerprint density at radius 2 is 1.70 bits per heavy atom. The Morgan fingerprint density at radius 1 is 1.03 bits per heavy atom. The number of ether oxygens (including phenoxy) is 2. The van der Waals surface area contributed by atoms with Crippen LogP contribution in [0.1, 0.15) is 22.6 Å². The number of amides is 1. The molecule has 1 N–H and O–H groups in total. The van der Waals surface area contributed by atoms with E-state index in [0.29, 0.717) is 18.2 Å². The summed E-state index contributed by atoms with van der Waals surface area (Å²) in [6.45, 7) is 0.637. The second-order valence-electron chi connectivity index (χ2n) is 7.00. The van der Waals surface area contributed by atoms with E-state index in [2.05, 4.69) is 29.6 Å². The summed E-state index contributed by atoms with van der Waals surface area (Å²) in [6.07, 6.45) is 3.24. The number of benzene rings is 3. The highest BCUT2D eigenvalue weighted by Gasteiger charge is 2.28. The molecule has 0 fully saturated rings. The van der Waals surface area contributed by atoms with Crippen LogP contribution in [0.2, 0.25) is 5.02 Å². The van der Waals surface area contributed by atoms with Crippen molar-refractivity contribution in [2.24, 2.45) is 0 Å². The fourth-order valence-corrected chi connectivity index (χ4v) is 3.99. The summed E-state index contributed by atoms with van der Waals surface area (Å²) in [4.78, 5) is 12.2. The first-order valence-electron chi connectivity index (χ1n) is 9.76. The Kier molecular flexibility index (Phi) is 6.05. The minimum atomic E-state index is -0.445. The van der Waals surface area contributed by atoms with Gasteiger partial charge >= 0.3 is 6.09 Å². The fraction of sp³-hybridized carbons (Fsp3) is 0.160. The normalized spacial score (nSPS) is 12.5. The van der Waals surface area contributed by atoms with Gasteiger partial charge in [0.15, 0.2) is 0 Å². The van der Waals surface area contributed by atoms with Gasteiger partial charge in [-0.3, -0.25) is 0 Å². The van der Waals surface area contributed by atoms with Crippen molar-refractivity contribution in [3.63, 3.8) is 0 Å². The van der Waals surface area contributed by atoms with Crippen molar-refractivity contribution in [2.45, 2.75) is 5.92 Å². The molecule has 4 rings (SSSR count). The van der Waals surface area contributed by atoms with E-state index in [0.717, 1.165) is 11.3 Å². The number of fused-ring (bicyclic) bond motifs is 3. The molecule has 1 aliphatic carbocycles. The largest absolute Gasteiger partial charge is 0.496 e. The van der Waals surface area contributed by atoms with Crippen LogP contribution < -0.4 is 10.1 Å². The molecule has 4 nitrogen and oxygen atoms in total. The topological polar surface area (TPSA) is 47.6 Å². The third kappa shape index (κ3) is 4.19. The van der Waals surface area contributed by atoms with Crippen LogP contribution in [-0.4, -0.2) is 26.4 Å². The Bertz CT molecular complexity index is 1050. The number of hydrogen-bond acceptors (Lipinski definition) is 3. The Balaban J connectivity index is 1.34. The van der Waals surface area contributed by atoms with Crippen molar-refractivity contribution in [1.82, 2.24) is 5.32 Å². The third-order valence-corrected chi connectivity index (χ3v) is 5.43. The van der Waals surface area contributed by atoms with Gasteiger partial charge in [-0.25, -0.2) is 4.79 Å². The zero-order valence-corrected chi connectivity index (χ0v) is 17.4. The van der Waals surface area contributed by atoms with Crippen LogP contribution in [0.4, 0.5) is 4.79 Å². The number of hydrogen-bond donors (Lipinski definition) is 1. The van der Waals surface area contributed by atoms with Crippen LogP contribution in [0.25, 0.3) is 17.2 Å². The highest BCUT2D eigenvalue weighted by Crippen LogP contribution is 2.44. The van der Waals surface area contributed by atoms with Gasteiger partial charge in [0.1, 0.15) is 12.4 Å². The third-order valence-electron chi connectivity index (χ3n) is 5.20. The Labute approximate surface area is 181 Å². The van der Waals surface area contributed by atoms with E-state index >= 15 is 0 Å². The molecule has 0 aliphatic heterocycles. The summed E-state index contributed by atoms with van der Waals surface area (Å²) in [6, 6.07) is 21.9. The predicted octanol–water partition coefficient (Wildman–Crippen LogP) is 5.90. The summed E-state index contributed by atoms with van der Waals surface area (Å²) in [5.41, 5.74) is 5.65. The zero-order chi connectivity index (χ0) is 20.9. The lowest BCUT2D eigenvalue weighted by atomic mass is 9.98. The van der Waals surface area contributed by atoms with Crippen LogP contribution in [0.15, 0.2) is 72.8 Å². The maximum Gasteiger partial charge on any atom is 0.407 e. The Hall–Kier alpha value is -3.24. The monoisotopic (exact) mass is 419 g/mol. The molecule has 3 aromatic rings. The summed E-state index contributed by atoms with van der Waals surface area (Å²) in [5.74, 6) is 0.770. The number of methoxy groups -OCH3 is 1. The van der Waals surface area contributed by atoms with E-state index in [4.69, 9.17) is 21.1 Å². The first-order chi connectivity index (χ1) is 14.7. The second kappa shape index (κ2) is 9.06. The molecule has 1 amide bonds. The highest BCUT2D eigenvalue weighted by atomic mass is 35.5. The maximum atomic E-state index is 12.2. The van der Waals surface area contributed by atoms with Gasteiger partial charge in [0, 0.05) is 23.0 Å². The van der Waals surface area contributed by atoms with E-state index in [1.54, 1.807) is 19.2 Å². The number of carbonyl (C=O) groups is 1. The number of carbonyl (C=O) groups excluding carboxylic acids is 1. The van der Waals surface area contributed by atoms with Crippen molar-refractivity contribution in [3.05, 3.63) is 94.5 Å². The van der Waals surface area contributed by atoms with Crippen LogP contribution in [0.3, 0.4) is 0 Å². The first-order valence-corrected chi connectivity index (χ1v) is 10.1. The van der Waals surface area contributed by atoms with Crippen molar-refractivity contribution >= 4 is 23.8 Å². The van der Waals surface area contributed by atoms with Crippen LogP contribution in [-0.2, 0) is 4.74 Å². The zero-order valence-electron chi connectivity index (χ0n) is 16.6. The molecular weight excluding hydrogens is 398 g/mol. The molecule has 152 valence electrons. The van der Waals surface area contributed by atoms with Crippen molar-refractivity contribution < 1.29 is 14.3 Å². The van der Waals surface area contributed by atoms with Crippen molar-refractivity contribution in [1.29, 1.82) is 0 Å². The fourth-order valence-electron chi connectivity index (χ4n) is 3.81. The smallest absolute Gasteiger partial charge is 0.407 e. The Morgan fingerprint density at radius 3 is 2.37 bits per heavy atom. The minimum absolute atomic E-state index is 0.0504. The molecule has 0 spiro atoms. The van der Waals surface area contributed by atoms with Crippen molar-refractivity contribution in [2.75, 3.05) is 20.3 Å². The van der Waals surface area contributed by atoms with Gasteiger partial charge in [0.2, 0.25) is 0 Å². The number of rotatable bonds is 6. The number of halogens is 1. The summed E-state index contributed by atoms with van der Waals surface area (Å²) < 4.78 is 10.8. The van der Waals surface area contributed by atoms with Gasteiger partial charge in [-0.1, -0.05) is 72.3 Å². The molecule has 0 aromatic heterocycles. The van der Waals surface area contributed by atoms with E-state index in [9.17, 15) is 4.79 Å². The lowest BCUT2D eigenvalue weighted by Gasteiger charge is -2.14. The number of nitrogens with one attached hydrogen (secondary N) is 1. The van der Waals surface area contributed by atoms with Gasteiger partial charge in [0.05, 0.1) is 7.11 Å². The van der Waals surface area contributed by atoms with Crippen LogP contribution >= 0.6 is 11.6 Å². The van der Waals surface area contributed by atoms with E-state index in [1.165, 1.54) is 22.3 Å². The molecule has 0 unspecified atom stereocenters. The summed E-state index contributed by atoms with van der Waals surface area (Å²) >= 11 is 6.03. The summed E-state index contributed by atoms with van der Waals surface area (Å²) in [7, 11) is 1.61. The second-order valence-corrected chi connectivity index (χ2v) is 7.43. The number of alkyl carbamates (subject to hydrolysis) is 1. The maximum absolute atomic E-state index is 12.2. The minimum Gasteiger partial charge on any atom is -0.496 e. The van der Waals surface area contributed by atoms with Crippen LogP contribution in [0, 0.1) is 0 Å². The summed E-state index contributed by atoms with van der Waals surface area (Å²) in [5, 5.41) is 3.38. The predicted molar refractivity (Wildman–Crippen MR) is 120 cm³/mol. The molecule has 0 heterocycles. The van der Waals surface area contributed by atoms with E-state index < -0.39 is 6.09 Å². The molecule has 3 aromatic carbocycles. The molecule has 0 saturated heterocycles. The molecule has 1 aliphatic rings. The van der Waals surface area contributed by atoms with E-state index in [1.807, 2.05) is 42.5 Å².